The van der Waals surface area contributed by atoms with Crippen molar-refractivity contribution in [1.29, 1.82) is 0 Å². The van der Waals surface area contributed by atoms with Gasteiger partial charge in [0.05, 0.1) is 11.2 Å². The number of pyridine rings is 1. The molecule has 4 nitrogen and oxygen atoms in total. The van der Waals surface area contributed by atoms with Crippen LogP contribution >= 0.6 is 0 Å². The van der Waals surface area contributed by atoms with Crippen molar-refractivity contribution < 1.29 is 0 Å². The van der Waals surface area contributed by atoms with Crippen molar-refractivity contribution >= 4 is 32.4 Å². The molecule has 0 amide bonds. The van der Waals surface area contributed by atoms with Gasteiger partial charge in [-0.3, -0.25) is 0 Å². The summed E-state index contributed by atoms with van der Waals surface area (Å²) in [6, 6.07) is 73.3. The number of nitrogens with zero attached hydrogens (tertiary/aromatic N) is 4. The van der Waals surface area contributed by atoms with Crippen LogP contribution in [0.15, 0.2) is 206 Å². The molecule has 0 spiro atoms. The molecule has 0 bridgehead atoms. The molecule has 9 aromatic carbocycles. The number of hydrogen-bond donors (Lipinski definition) is 0. The van der Waals surface area contributed by atoms with Crippen molar-refractivity contribution in [2.24, 2.45) is 0 Å². The summed E-state index contributed by atoms with van der Waals surface area (Å²) in [7, 11) is 0. The van der Waals surface area contributed by atoms with E-state index in [1.165, 1.54) is 27.6 Å². The molecule has 63 heavy (non-hydrogen) atoms. The van der Waals surface area contributed by atoms with Gasteiger partial charge >= 0.3 is 0 Å². The second-order valence-corrected chi connectivity index (χ2v) is 17.1. The third-order valence-electron chi connectivity index (χ3n) is 12.9. The molecule has 1 aliphatic rings. The number of benzene rings is 9. The van der Waals surface area contributed by atoms with Gasteiger partial charge in [-0.05, 0) is 109 Å². The van der Waals surface area contributed by atoms with E-state index in [1.54, 1.807) is 0 Å². The summed E-state index contributed by atoms with van der Waals surface area (Å²) in [4.78, 5) is 21.3. The van der Waals surface area contributed by atoms with Crippen LogP contribution in [0, 0.1) is 0 Å². The Labute approximate surface area is 366 Å². The summed E-state index contributed by atoms with van der Waals surface area (Å²) in [5.74, 6) is 1.86. The lowest BCUT2D eigenvalue weighted by molar-refractivity contribution is 0.661. The third kappa shape index (κ3) is 6.30. The van der Waals surface area contributed by atoms with Gasteiger partial charge in [0.1, 0.15) is 0 Å². The van der Waals surface area contributed by atoms with Gasteiger partial charge in [0.2, 0.25) is 0 Å². The lowest BCUT2D eigenvalue weighted by Crippen LogP contribution is -2.14. The molecule has 12 rings (SSSR count). The molecule has 4 heteroatoms. The first-order chi connectivity index (χ1) is 30.9. The minimum Gasteiger partial charge on any atom is -0.248 e. The topological polar surface area (TPSA) is 51.6 Å². The van der Waals surface area contributed by atoms with Crippen LogP contribution in [-0.2, 0) is 5.41 Å². The van der Waals surface area contributed by atoms with Gasteiger partial charge < -0.3 is 0 Å². The molecule has 0 atom stereocenters. The number of rotatable bonds is 6. The van der Waals surface area contributed by atoms with Crippen molar-refractivity contribution in [2.45, 2.75) is 19.3 Å². The highest BCUT2D eigenvalue weighted by molar-refractivity contribution is 6.03. The SMILES string of the molecule is CC1(C)c2ccccc2-c2cc3c(-c4cc(-c5ccccc5)cc(-c5nc(-c6ccc7ccccc7c6)nc(-c6cccc7ccccc67)n5)c4)cc(-c4ccccc4)nc3cc21. The van der Waals surface area contributed by atoms with E-state index in [9.17, 15) is 0 Å². The molecular weight excluding hydrogens is 765 g/mol. The van der Waals surface area contributed by atoms with Gasteiger partial charge in [-0.1, -0.05) is 178 Å². The fourth-order valence-corrected chi connectivity index (χ4v) is 9.63. The molecule has 11 aromatic rings. The summed E-state index contributed by atoms with van der Waals surface area (Å²) in [6.07, 6.45) is 0. The Hall–Kier alpha value is -8.08. The van der Waals surface area contributed by atoms with Crippen LogP contribution in [-0.4, -0.2) is 19.9 Å². The van der Waals surface area contributed by atoms with E-state index in [0.29, 0.717) is 17.5 Å². The zero-order valence-electron chi connectivity index (χ0n) is 34.9. The van der Waals surface area contributed by atoms with Crippen molar-refractivity contribution in [2.75, 3.05) is 0 Å². The van der Waals surface area contributed by atoms with Crippen LogP contribution in [0.4, 0.5) is 0 Å². The minimum atomic E-state index is -0.158. The molecule has 0 radical (unpaired) electrons. The van der Waals surface area contributed by atoms with Crippen molar-refractivity contribution in [3.63, 3.8) is 0 Å². The van der Waals surface area contributed by atoms with E-state index in [4.69, 9.17) is 19.9 Å². The van der Waals surface area contributed by atoms with Gasteiger partial charge in [-0.15, -0.1) is 0 Å². The van der Waals surface area contributed by atoms with Crippen LogP contribution in [0.5, 0.6) is 0 Å². The molecular formula is C59H40N4. The average Bonchev–Trinajstić information content (AvgIpc) is 3.57. The molecule has 2 aromatic heterocycles. The van der Waals surface area contributed by atoms with E-state index < -0.39 is 0 Å². The Balaban J connectivity index is 1.14. The van der Waals surface area contributed by atoms with Gasteiger partial charge in [0, 0.05) is 33.1 Å². The molecule has 0 saturated heterocycles. The Morgan fingerprint density at radius 1 is 0.302 bits per heavy atom. The van der Waals surface area contributed by atoms with Crippen LogP contribution < -0.4 is 0 Å². The quantitative estimate of drug-likeness (QED) is 0.168. The minimum absolute atomic E-state index is 0.158. The molecule has 0 saturated carbocycles. The maximum atomic E-state index is 5.40. The number of hydrogen-bond acceptors (Lipinski definition) is 4. The molecule has 1 aliphatic carbocycles. The highest BCUT2D eigenvalue weighted by Crippen LogP contribution is 2.51. The highest BCUT2D eigenvalue weighted by atomic mass is 15.0. The molecule has 0 unspecified atom stereocenters. The predicted molar refractivity (Wildman–Crippen MR) is 260 cm³/mol. The first-order valence-corrected chi connectivity index (χ1v) is 21.5. The van der Waals surface area contributed by atoms with Crippen LogP contribution in [0.3, 0.4) is 0 Å². The lowest BCUT2D eigenvalue weighted by Gasteiger charge is -2.22. The number of aromatic nitrogens is 4. The molecule has 2 heterocycles. The first-order valence-electron chi connectivity index (χ1n) is 21.5. The molecule has 0 N–H and O–H groups in total. The first kappa shape index (κ1) is 36.7. The van der Waals surface area contributed by atoms with Crippen molar-refractivity contribution in [3.8, 4) is 78.8 Å². The normalized spacial score (nSPS) is 12.7. The van der Waals surface area contributed by atoms with Crippen LogP contribution in [0.2, 0.25) is 0 Å². The highest BCUT2D eigenvalue weighted by Gasteiger charge is 2.36. The zero-order valence-corrected chi connectivity index (χ0v) is 34.9. The largest absolute Gasteiger partial charge is 0.248 e. The Kier molecular flexibility index (Phi) is 8.48. The van der Waals surface area contributed by atoms with Crippen molar-refractivity contribution in [3.05, 3.63) is 217 Å². The summed E-state index contributed by atoms with van der Waals surface area (Å²) in [5.41, 5.74) is 15.1. The Morgan fingerprint density at radius 2 is 0.921 bits per heavy atom. The fraction of sp³-hybridized carbons (Fsp3) is 0.0508. The van der Waals surface area contributed by atoms with E-state index in [0.717, 1.165) is 77.3 Å². The standard InChI is InChI=1S/C59H40N4/c1-59(2)52-27-14-13-25-47(52)50-34-51-49(35-54(40-20-7-4-8-21-40)60-55(51)36-53(50)59)44-31-43(37-16-5-3-6-17-37)32-45(33-44)57-61-56(42-29-28-38-18-9-10-22-41(38)30-42)62-58(63-57)48-26-15-23-39-19-11-12-24-46(39)48/h3-36H,1-2H3. The second kappa shape index (κ2) is 14.5. The Morgan fingerprint density at radius 3 is 1.75 bits per heavy atom. The summed E-state index contributed by atoms with van der Waals surface area (Å²) >= 11 is 0. The van der Waals surface area contributed by atoms with Crippen LogP contribution in [0.25, 0.3) is 111 Å². The molecule has 0 aliphatic heterocycles. The van der Waals surface area contributed by atoms with Gasteiger partial charge in [0.15, 0.2) is 17.5 Å². The third-order valence-corrected chi connectivity index (χ3v) is 12.9. The van der Waals surface area contributed by atoms with E-state index in [1.807, 2.05) is 0 Å². The smallest absolute Gasteiger partial charge is 0.164 e. The lowest BCUT2D eigenvalue weighted by atomic mass is 9.82. The summed E-state index contributed by atoms with van der Waals surface area (Å²) in [5, 5.41) is 5.62. The fourth-order valence-electron chi connectivity index (χ4n) is 9.63. The maximum Gasteiger partial charge on any atom is 0.164 e. The zero-order chi connectivity index (χ0) is 42.1. The van der Waals surface area contributed by atoms with E-state index >= 15 is 0 Å². The number of fused-ring (bicyclic) bond motifs is 6. The van der Waals surface area contributed by atoms with Gasteiger partial charge in [-0.2, -0.15) is 0 Å². The van der Waals surface area contributed by atoms with E-state index in [2.05, 4.69) is 220 Å². The summed E-state index contributed by atoms with van der Waals surface area (Å²) < 4.78 is 0. The van der Waals surface area contributed by atoms with Gasteiger partial charge in [0.25, 0.3) is 0 Å². The average molecular weight is 805 g/mol. The predicted octanol–water partition coefficient (Wildman–Crippen LogP) is 15.0. The van der Waals surface area contributed by atoms with Gasteiger partial charge in [-0.25, -0.2) is 19.9 Å². The molecule has 296 valence electrons. The maximum absolute atomic E-state index is 5.40. The molecule has 0 fully saturated rings. The van der Waals surface area contributed by atoms with Crippen molar-refractivity contribution in [1.82, 2.24) is 19.9 Å². The second-order valence-electron chi connectivity index (χ2n) is 17.1. The van der Waals surface area contributed by atoms with Crippen LogP contribution in [0.1, 0.15) is 25.0 Å². The van der Waals surface area contributed by atoms with E-state index in [-0.39, 0.29) is 5.41 Å². The monoisotopic (exact) mass is 804 g/mol. The summed E-state index contributed by atoms with van der Waals surface area (Å²) in [6.45, 7) is 4.66. The Bertz CT molecular complexity index is 3590.